The Balaban J connectivity index is 1.37. The molecule has 0 fully saturated rings. The Labute approximate surface area is 217 Å². The number of nitrogens with one attached hydrogen (secondary N) is 1. The summed E-state index contributed by atoms with van der Waals surface area (Å²) in [5.41, 5.74) is 4.23. The molecule has 2 aromatic heterocycles. The van der Waals surface area contributed by atoms with Crippen LogP contribution in [0.2, 0.25) is 5.02 Å². The minimum Gasteiger partial charge on any atom is -0.333 e. The minimum atomic E-state index is -0.595. The highest BCUT2D eigenvalue weighted by molar-refractivity contribution is 6.31. The van der Waals surface area contributed by atoms with Crippen molar-refractivity contribution in [3.05, 3.63) is 106 Å². The molecular weight excluding hydrogens is 496 g/mol. The van der Waals surface area contributed by atoms with E-state index in [1.54, 1.807) is 28.8 Å². The highest BCUT2D eigenvalue weighted by Gasteiger charge is 2.26. The van der Waals surface area contributed by atoms with Crippen molar-refractivity contribution in [3.8, 4) is 6.07 Å². The first kappa shape index (κ1) is 24.6. The van der Waals surface area contributed by atoms with Gasteiger partial charge in [0.15, 0.2) is 0 Å². The maximum absolute atomic E-state index is 13.7. The Morgan fingerprint density at radius 1 is 1.19 bits per heavy atom. The van der Waals surface area contributed by atoms with Crippen LogP contribution in [0.4, 0.5) is 13.6 Å². The SMILES string of the molecule is N#Cc1cc(F)cc(C=CCN2CCc3c(c4cc(Cl)ccc4n3C(=O)NCc3ccnc(F)c3)C2)c1. The van der Waals surface area contributed by atoms with Gasteiger partial charge >= 0.3 is 6.03 Å². The second-order valence-corrected chi connectivity index (χ2v) is 9.28. The molecule has 0 atom stereocenters. The second kappa shape index (κ2) is 10.5. The fourth-order valence-corrected chi connectivity index (χ4v) is 4.87. The molecule has 3 heterocycles. The molecule has 1 aliphatic heterocycles. The molecule has 6 nitrogen and oxygen atoms in total. The molecule has 0 unspecified atom stereocenters. The van der Waals surface area contributed by atoms with Crippen molar-refractivity contribution in [2.24, 2.45) is 0 Å². The van der Waals surface area contributed by atoms with E-state index in [9.17, 15) is 13.6 Å². The van der Waals surface area contributed by atoms with Crippen molar-refractivity contribution in [1.82, 2.24) is 19.8 Å². The number of hydrogen-bond acceptors (Lipinski definition) is 4. The molecule has 0 aliphatic carbocycles. The second-order valence-electron chi connectivity index (χ2n) is 8.84. The number of hydrogen-bond donors (Lipinski definition) is 1. The van der Waals surface area contributed by atoms with Crippen molar-refractivity contribution in [2.45, 2.75) is 19.5 Å². The Morgan fingerprint density at radius 3 is 2.86 bits per heavy atom. The highest BCUT2D eigenvalue weighted by Crippen LogP contribution is 2.32. The van der Waals surface area contributed by atoms with Gasteiger partial charge in [-0.15, -0.1) is 0 Å². The van der Waals surface area contributed by atoms with E-state index in [2.05, 4.69) is 15.2 Å². The Morgan fingerprint density at radius 2 is 2.05 bits per heavy atom. The number of carbonyl (C=O) groups is 1. The van der Waals surface area contributed by atoms with Gasteiger partial charge in [-0.05, 0) is 65.2 Å². The lowest BCUT2D eigenvalue weighted by Crippen LogP contribution is -2.34. The number of nitriles is 1. The smallest absolute Gasteiger partial charge is 0.326 e. The predicted octanol–water partition coefficient (Wildman–Crippen LogP) is 5.67. The topological polar surface area (TPSA) is 74.0 Å². The van der Waals surface area contributed by atoms with Crippen LogP contribution >= 0.6 is 11.6 Å². The number of nitrogens with zero attached hydrogens (tertiary/aromatic N) is 4. The monoisotopic (exact) mass is 517 g/mol. The normalized spacial score (nSPS) is 13.6. The number of carbonyl (C=O) groups excluding carboxylic acids is 1. The van der Waals surface area contributed by atoms with E-state index >= 15 is 0 Å². The first-order valence-electron chi connectivity index (χ1n) is 11.7. The van der Waals surface area contributed by atoms with Gasteiger partial charge in [0, 0.05) is 54.9 Å². The molecule has 0 saturated carbocycles. The summed E-state index contributed by atoms with van der Waals surface area (Å²) in [5.74, 6) is -1.04. The molecular formula is C28H22ClF2N5O. The average molecular weight is 518 g/mol. The molecule has 9 heteroatoms. The third kappa shape index (κ3) is 5.38. The zero-order chi connectivity index (χ0) is 25.9. The lowest BCUT2D eigenvalue weighted by atomic mass is 10.0. The lowest BCUT2D eigenvalue weighted by Gasteiger charge is -2.27. The number of aromatic nitrogens is 2. The van der Waals surface area contributed by atoms with Crippen LogP contribution in [0.15, 0.2) is 60.8 Å². The van der Waals surface area contributed by atoms with Gasteiger partial charge in [-0.2, -0.15) is 9.65 Å². The quantitative estimate of drug-likeness (QED) is 0.346. The fourth-order valence-electron chi connectivity index (χ4n) is 4.69. The summed E-state index contributed by atoms with van der Waals surface area (Å²) < 4.78 is 28.8. The molecule has 0 radical (unpaired) electrons. The van der Waals surface area contributed by atoms with Crippen LogP contribution in [0.5, 0.6) is 0 Å². The maximum atomic E-state index is 13.7. The molecule has 4 aromatic rings. The van der Waals surface area contributed by atoms with E-state index in [0.29, 0.717) is 35.7 Å². The van der Waals surface area contributed by atoms with Crippen LogP contribution in [0.1, 0.15) is 27.9 Å². The molecule has 0 saturated heterocycles. The molecule has 37 heavy (non-hydrogen) atoms. The zero-order valence-electron chi connectivity index (χ0n) is 19.7. The summed E-state index contributed by atoms with van der Waals surface area (Å²) in [7, 11) is 0. The van der Waals surface area contributed by atoms with Crippen LogP contribution in [0.3, 0.4) is 0 Å². The largest absolute Gasteiger partial charge is 0.333 e. The predicted molar refractivity (Wildman–Crippen MR) is 138 cm³/mol. The molecule has 1 N–H and O–H groups in total. The number of halogens is 3. The van der Waals surface area contributed by atoms with Crippen molar-refractivity contribution in [1.29, 1.82) is 5.26 Å². The van der Waals surface area contributed by atoms with Gasteiger partial charge in [0.25, 0.3) is 0 Å². The van der Waals surface area contributed by atoms with Crippen LogP contribution in [-0.4, -0.2) is 33.6 Å². The van der Waals surface area contributed by atoms with Crippen LogP contribution < -0.4 is 5.32 Å². The summed E-state index contributed by atoms with van der Waals surface area (Å²) in [6.45, 7) is 2.12. The number of benzene rings is 2. The van der Waals surface area contributed by atoms with E-state index in [-0.39, 0.29) is 18.1 Å². The van der Waals surface area contributed by atoms with Crippen LogP contribution in [0, 0.1) is 23.1 Å². The molecule has 1 amide bonds. The van der Waals surface area contributed by atoms with Gasteiger partial charge in [0.2, 0.25) is 5.95 Å². The zero-order valence-corrected chi connectivity index (χ0v) is 20.5. The van der Waals surface area contributed by atoms with Crippen molar-refractivity contribution < 1.29 is 13.6 Å². The standard InChI is InChI=1S/C28H22ClF2N5O/c29-21-3-4-25-23(14-21)24-17-35(8-1-2-18-10-20(15-32)12-22(30)11-18)9-6-26(24)36(25)28(37)34-16-19-5-7-33-27(31)13-19/h1-5,7,10-14H,6,8-9,16-17H2,(H,34,37). The first-order valence-corrected chi connectivity index (χ1v) is 12.1. The number of fused-ring (bicyclic) bond motifs is 3. The third-order valence-electron chi connectivity index (χ3n) is 6.35. The fraction of sp³-hybridized carbons (Fsp3) is 0.179. The average Bonchev–Trinajstić information content (AvgIpc) is 3.20. The first-order chi connectivity index (χ1) is 17.9. The molecule has 2 aromatic carbocycles. The van der Waals surface area contributed by atoms with E-state index in [4.69, 9.17) is 16.9 Å². The van der Waals surface area contributed by atoms with E-state index in [1.807, 2.05) is 24.3 Å². The number of pyridine rings is 1. The summed E-state index contributed by atoms with van der Waals surface area (Å²) >= 11 is 6.30. The molecule has 5 rings (SSSR count). The van der Waals surface area contributed by atoms with Crippen molar-refractivity contribution in [3.63, 3.8) is 0 Å². The molecule has 0 bridgehead atoms. The molecule has 0 spiro atoms. The summed E-state index contributed by atoms with van der Waals surface area (Å²) in [6.07, 6.45) is 5.75. The minimum absolute atomic E-state index is 0.171. The van der Waals surface area contributed by atoms with Gasteiger partial charge < -0.3 is 5.32 Å². The third-order valence-corrected chi connectivity index (χ3v) is 6.59. The van der Waals surface area contributed by atoms with Crippen LogP contribution in [0.25, 0.3) is 17.0 Å². The van der Waals surface area contributed by atoms with Gasteiger partial charge in [-0.1, -0.05) is 23.8 Å². The van der Waals surface area contributed by atoms with Gasteiger partial charge in [0.05, 0.1) is 17.1 Å². The summed E-state index contributed by atoms with van der Waals surface area (Å²) in [6, 6.07) is 14.3. The van der Waals surface area contributed by atoms with E-state index < -0.39 is 11.8 Å². The van der Waals surface area contributed by atoms with E-state index in [1.165, 1.54) is 24.4 Å². The Kier molecular flexibility index (Phi) is 6.99. The van der Waals surface area contributed by atoms with Gasteiger partial charge in [-0.3, -0.25) is 9.47 Å². The van der Waals surface area contributed by atoms with Gasteiger partial charge in [-0.25, -0.2) is 14.2 Å². The number of amides is 1. The molecule has 186 valence electrons. The highest BCUT2D eigenvalue weighted by atomic mass is 35.5. The van der Waals surface area contributed by atoms with Gasteiger partial charge in [0.1, 0.15) is 5.82 Å². The summed E-state index contributed by atoms with van der Waals surface area (Å²) in [4.78, 5) is 19.0. The van der Waals surface area contributed by atoms with Crippen LogP contribution in [-0.2, 0) is 19.5 Å². The maximum Gasteiger partial charge on any atom is 0.326 e. The summed E-state index contributed by atoms with van der Waals surface area (Å²) in [5, 5.41) is 13.4. The lowest BCUT2D eigenvalue weighted by molar-refractivity contribution is 0.240. The Bertz CT molecular complexity index is 1570. The molecule has 1 aliphatic rings. The number of rotatable bonds is 5. The van der Waals surface area contributed by atoms with Crippen molar-refractivity contribution >= 4 is 34.6 Å². The van der Waals surface area contributed by atoms with Crippen molar-refractivity contribution in [2.75, 3.05) is 13.1 Å². The van der Waals surface area contributed by atoms with E-state index in [0.717, 1.165) is 28.7 Å². The Hall–Kier alpha value is -4.06.